The van der Waals surface area contributed by atoms with E-state index in [1.165, 1.54) is 0 Å². The van der Waals surface area contributed by atoms with Crippen molar-refractivity contribution >= 4 is 44.9 Å². The van der Waals surface area contributed by atoms with Crippen molar-refractivity contribution < 1.29 is 9.53 Å². The minimum Gasteiger partial charge on any atom is -0.489 e. The molecule has 1 aliphatic heterocycles. The molecular weight excluding hydrogens is 468 g/mol. The Morgan fingerprint density at radius 2 is 1.85 bits per heavy atom. The molecule has 168 valence electrons. The normalized spacial score (nSPS) is 15.2. The lowest BCUT2D eigenvalue weighted by molar-refractivity contribution is -0.116. The van der Waals surface area contributed by atoms with Crippen LogP contribution in [0.1, 0.15) is 29.0 Å². The SMILES string of the molecule is O=C1C[C@H](c2ccc(OCc3ccc(Cl)cc3)cc2)c2cnn(-c3nc4ccccc4s3)c2N1. The van der Waals surface area contributed by atoms with Crippen molar-refractivity contribution in [1.82, 2.24) is 14.8 Å². The van der Waals surface area contributed by atoms with Gasteiger partial charge in [-0.05, 0) is 47.5 Å². The minimum atomic E-state index is -0.0859. The first-order valence-corrected chi connectivity index (χ1v) is 12.0. The number of nitrogens with one attached hydrogen (secondary N) is 1. The van der Waals surface area contributed by atoms with Crippen LogP contribution in [0, 0.1) is 0 Å². The highest BCUT2D eigenvalue weighted by Gasteiger charge is 2.31. The Hall–Kier alpha value is -3.68. The predicted molar refractivity (Wildman–Crippen MR) is 134 cm³/mol. The molecule has 0 radical (unpaired) electrons. The monoisotopic (exact) mass is 486 g/mol. The van der Waals surface area contributed by atoms with E-state index in [9.17, 15) is 4.79 Å². The maximum absolute atomic E-state index is 12.6. The molecule has 3 heterocycles. The summed E-state index contributed by atoms with van der Waals surface area (Å²) in [6, 6.07) is 23.5. The van der Waals surface area contributed by atoms with Crippen molar-refractivity contribution in [1.29, 1.82) is 0 Å². The van der Waals surface area contributed by atoms with Crippen molar-refractivity contribution in [2.75, 3.05) is 5.32 Å². The number of hydrogen-bond donors (Lipinski definition) is 1. The van der Waals surface area contributed by atoms with Gasteiger partial charge in [-0.25, -0.2) is 4.98 Å². The summed E-state index contributed by atoms with van der Waals surface area (Å²) < 4.78 is 8.72. The van der Waals surface area contributed by atoms with E-state index in [4.69, 9.17) is 21.3 Å². The van der Waals surface area contributed by atoms with Crippen LogP contribution in [0.25, 0.3) is 15.3 Å². The van der Waals surface area contributed by atoms with Crippen LogP contribution >= 0.6 is 22.9 Å². The average Bonchev–Trinajstić information content (AvgIpc) is 3.47. The number of aromatic nitrogens is 3. The molecule has 34 heavy (non-hydrogen) atoms. The summed E-state index contributed by atoms with van der Waals surface area (Å²) in [5.41, 5.74) is 3.98. The molecule has 5 aromatic rings. The lowest BCUT2D eigenvalue weighted by atomic mass is 9.87. The molecule has 0 fully saturated rings. The Kier molecular flexibility index (Phi) is 5.28. The number of hydrogen-bond acceptors (Lipinski definition) is 5. The molecule has 6 nitrogen and oxygen atoms in total. The van der Waals surface area contributed by atoms with Crippen LogP contribution in [-0.4, -0.2) is 20.7 Å². The number of halogens is 1. The number of carbonyl (C=O) groups excluding carboxylic acids is 1. The second-order valence-electron chi connectivity index (χ2n) is 8.11. The highest BCUT2D eigenvalue weighted by molar-refractivity contribution is 7.20. The topological polar surface area (TPSA) is 69.0 Å². The number of anilines is 1. The quantitative estimate of drug-likeness (QED) is 0.321. The Morgan fingerprint density at radius 1 is 1.06 bits per heavy atom. The number of nitrogens with zero attached hydrogens (tertiary/aromatic N) is 3. The van der Waals surface area contributed by atoms with Gasteiger partial charge in [0, 0.05) is 22.9 Å². The molecule has 6 rings (SSSR count). The van der Waals surface area contributed by atoms with Gasteiger partial charge in [-0.3, -0.25) is 4.79 Å². The molecule has 2 aromatic heterocycles. The van der Waals surface area contributed by atoms with Crippen molar-refractivity contribution in [2.24, 2.45) is 0 Å². The molecular formula is C26H19ClN4O2S. The summed E-state index contributed by atoms with van der Waals surface area (Å²) >= 11 is 7.49. The summed E-state index contributed by atoms with van der Waals surface area (Å²) in [5.74, 6) is 1.33. The lowest BCUT2D eigenvalue weighted by Crippen LogP contribution is -2.24. The Morgan fingerprint density at radius 3 is 2.65 bits per heavy atom. The fourth-order valence-electron chi connectivity index (χ4n) is 4.16. The van der Waals surface area contributed by atoms with E-state index in [0.717, 1.165) is 37.8 Å². The van der Waals surface area contributed by atoms with Crippen LogP contribution in [0.2, 0.25) is 5.02 Å². The summed E-state index contributed by atoms with van der Waals surface area (Å²) in [6.45, 7) is 0.460. The van der Waals surface area contributed by atoms with Crippen LogP contribution in [0.3, 0.4) is 0 Å². The van der Waals surface area contributed by atoms with Crippen molar-refractivity contribution in [3.8, 4) is 10.9 Å². The van der Waals surface area contributed by atoms with Gasteiger partial charge in [0.15, 0.2) is 0 Å². The first-order chi connectivity index (χ1) is 16.6. The number of fused-ring (bicyclic) bond motifs is 2. The molecule has 3 aromatic carbocycles. The number of thiazole rings is 1. The van der Waals surface area contributed by atoms with Gasteiger partial charge in [0.05, 0.1) is 16.4 Å². The van der Waals surface area contributed by atoms with Gasteiger partial charge in [0.25, 0.3) is 0 Å². The molecule has 0 aliphatic carbocycles. The molecule has 1 amide bonds. The van der Waals surface area contributed by atoms with Crippen LogP contribution in [0.5, 0.6) is 5.75 Å². The average molecular weight is 487 g/mol. The third kappa shape index (κ3) is 3.93. The Labute approximate surface area is 204 Å². The van der Waals surface area contributed by atoms with Crippen LogP contribution in [0.4, 0.5) is 5.82 Å². The zero-order valence-corrected chi connectivity index (χ0v) is 19.5. The second-order valence-corrected chi connectivity index (χ2v) is 9.56. The zero-order chi connectivity index (χ0) is 23.1. The summed E-state index contributed by atoms with van der Waals surface area (Å²) in [6.07, 6.45) is 2.19. The van der Waals surface area contributed by atoms with E-state index in [0.29, 0.717) is 23.9 Å². The standard InChI is InChI=1S/C26H19ClN4O2S/c27-18-9-5-16(6-10-18)15-33-19-11-7-17(8-12-19)20-13-24(32)30-25-21(20)14-28-31(25)26-29-22-3-1-2-4-23(22)34-26/h1-12,14,20H,13,15H2,(H,30,32)/t20-/m1/s1. The number of benzene rings is 3. The number of ether oxygens (including phenoxy) is 1. The van der Waals surface area contributed by atoms with E-state index in [2.05, 4.69) is 10.4 Å². The number of rotatable bonds is 5. The second kappa shape index (κ2) is 8.59. The minimum absolute atomic E-state index is 0.0385. The highest BCUT2D eigenvalue weighted by atomic mass is 35.5. The third-order valence-electron chi connectivity index (χ3n) is 5.89. The van der Waals surface area contributed by atoms with Gasteiger partial charge in [0.2, 0.25) is 11.0 Å². The molecule has 0 saturated heterocycles. The predicted octanol–water partition coefficient (Wildman–Crippen LogP) is 6.19. The summed E-state index contributed by atoms with van der Waals surface area (Å²) in [4.78, 5) is 17.3. The Balaban J connectivity index is 1.25. The van der Waals surface area contributed by atoms with Crippen molar-refractivity contribution in [2.45, 2.75) is 18.9 Å². The van der Waals surface area contributed by atoms with Crippen LogP contribution in [-0.2, 0) is 11.4 Å². The smallest absolute Gasteiger partial charge is 0.226 e. The first kappa shape index (κ1) is 20.9. The molecule has 8 heteroatoms. The fraction of sp³-hybridized carbons (Fsp3) is 0.115. The lowest BCUT2D eigenvalue weighted by Gasteiger charge is -2.23. The number of carbonyl (C=O) groups is 1. The maximum Gasteiger partial charge on any atom is 0.226 e. The van der Waals surface area contributed by atoms with E-state index < -0.39 is 0 Å². The van der Waals surface area contributed by atoms with Crippen molar-refractivity contribution in [3.05, 3.63) is 101 Å². The van der Waals surface area contributed by atoms with Gasteiger partial charge < -0.3 is 10.1 Å². The Bertz CT molecular complexity index is 1460. The van der Waals surface area contributed by atoms with Gasteiger partial charge >= 0.3 is 0 Å². The maximum atomic E-state index is 12.6. The number of amides is 1. The zero-order valence-electron chi connectivity index (χ0n) is 17.9. The molecule has 0 unspecified atom stereocenters. The van der Waals surface area contributed by atoms with Crippen molar-refractivity contribution in [3.63, 3.8) is 0 Å². The molecule has 1 aliphatic rings. The molecule has 1 atom stereocenters. The molecule has 1 N–H and O–H groups in total. The van der Waals surface area contributed by atoms with Gasteiger partial charge in [-0.2, -0.15) is 9.78 Å². The van der Waals surface area contributed by atoms with E-state index in [1.807, 2.05) is 79.0 Å². The number of para-hydroxylation sites is 1. The largest absolute Gasteiger partial charge is 0.489 e. The van der Waals surface area contributed by atoms with Crippen LogP contribution < -0.4 is 10.1 Å². The van der Waals surface area contributed by atoms with Crippen LogP contribution in [0.15, 0.2) is 79.0 Å². The van der Waals surface area contributed by atoms with E-state index >= 15 is 0 Å². The molecule has 0 saturated carbocycles. The van der Waals surface area contributed by atoms with E-state index in [-0.39, 0.29) is 11.8 Å². The summed E-state index contributed by atoms with van der Waals surface area (Å²) in [5, 5.41) is 9.01. The molecule has 0 bridgehead atoms. The first-order valence-electron chi connectivity index (χ1n) is 10.8. The molecule has 0 spiro atoms. The van der Waals surface area contributed by atoms with Gasteiger partial charge in [-0.15, -0.1) is 0 Å². The fourth-order valence-corrected chi connectivity index (χ4v) is 5.21. The van der Waals surface area contributed by atoms with E-state index in [1.54, 1.807) is 16.0 Å². The van der Waals surface area contributed by atoms with Gasteiger partial charge in [-0.1, -0.05) is 59.3 Å². The van der Waals surface area contributed by atoms with Gasteiger partial charge in [0.1, 0.15) is 18.2 Å². The summed E-state index contributed by atoms with van der Waals surface area (Å²) in [7, 11) is 0. The third-order valence-corrected chi connectivity index (χ3v) is 7.15. The highest BCUT2D eigenvalue weighted by Crippen LogP contribution is 2.39.